The Morgan fingerprint density at radius 2 is 1.60 bits per heavy atom. The second kappa shape index (κ2) is 13.5. The van der Waals surface area contributed by atoms with Gasteiger partial charge in [0.2, 0.25) is 0 Å². The van der Waals surface area contributed by atoms with Crippen LogP contribution >= 0.6 is 0 Å². The summed E-state index contributed by atoms with van der Waals surface area (Å²) in [5.74, 6) is -1.82. The molecule has 45 heavy (non-hydrogen) atoms. The first kappa shape index (κ1) is 33.2. The molecule has 0 aliphatic carbocycles. The smallest absolute Gasteiger partial charge is 0.306 e. The number of hydrogen-bond donors (Lipinski definition) is 4. The Morgan fingerprint density at radius 1 is 0.911 bits per heavy atom. The van der Waals surface area contributed by atoms with Gasteiger partial charge >= 0.3 is 11.9 Å². The van der Waals surface area contributed by atoms with Gasteiger partial charge in [-0.25, -0.2) is 4.99 Å². The van der Waals surface area contributed by atoms with Crippen molar-refractivity contribution in [2.24, 2.45) is 4.99 Å². The largest absolute Gasteiger partial charge is 0.481 e. The molecule has 0 spiro atoms. The second-order valence-corrected chi connectivity index (χ2v) is 11.6. The van der Waals surface area contributed by atoms with Crippen LogP contribution in [0.5, 0.6) is 0 Å². The third-order valence-corrected chi connectivity index (χ3v) is 8.84. The molecule has 0 fully saturated rings. The Balaban J connectivity index is 1.95. The average molecular weight is 615 g/mol. The predicted molar refractivity (Wildman–Crippen MR) is 174 cm³/mol. The number of aromatic amines is 2. The van der Waals surface area contributed by atoms with Gasteiger partial charge in [0, 0.05) is 45.4 Å². The van der Waals surface area contributed by atoms with Gasteiger partial charge in [0.25, 0.3) is 11.8 Å². The van der Waals surface area contributed by atoms with Crippen LogP contribution in [-0.2, 0) is 30.3 Å². The minimum absolute atomic E-state index is 0.0600. The highest BCUT2D eigenvalue weighted by molar-refractivity contribution is 6.30. The van der Waals surface area contributed by atoms with Gasteiger partial charge in [0.15, 0.2) is 0 Å². The van der Waals surface area contributed by atoms with E-state index in [0.717, 1.165) is 61.2 Å². The normalized spacial score (nSPS) is 17.6. The molecule has 0 saturated carbocycles. The van der Waals surface area contributed by atoms with Crippen LogP contribution in [0.25, 0.3) is 18.2 Å². The van der Waals surface area contributed by atoms with Crippen molar-refractivity contribution in [2.45, 2.75) is 86.5 Å². The maximum Gasteiger partial charge on any atom is 0.306 e. The van der Waals surface area contributed by atoms with Gasteiger partial charge in [0.1, 0.15) is 0 Å². The molecule has 10 heteroatoms. The number of nitrogens with one attached hydrogen (secondary N) is 3. The maximum absolute atomic E-state index is 12.4. The zero-order valence-corrected chi connectivity index (χ0v) is 27.3. The molecule has 0 radical (unpaired) electrons. The quantitative estimate of drug-likeness (QED) is 0.279. The van der Waals surface area contributed by atoms with Crippen LogP contribution in [0.3, 0.4) is 0 Å². The number of nitrogens with zero attached hydrogens (tertiary/aromatic N) is 1. The Bertz CT molecular complexity index is 1840. The van der Waals surface area contributed by atoms with Gasteiger partial charge in [-0.3, -0.25) is 19.2 Å². The number of ether oxygens (including phenoxy) is 1. The molecular weight excluding hydrogens is 572 g/mol. The monoisotopic (exact) mass is 614 g/mol. The van der Waals surface area contributed by atoms with E-state index in [0.29, 0.717) is 29.7 Å². The number of carbonyl (C=O) groups is 4. The molecule has 0 aromatic carbocycles. The van der Waals surface area contributed by atoms with Crippen LogP contribution in [0.2, 0.25) is 0 Å². The van der Waals surface area contributed by atoms with Gasteiger partial charge in [-0.2, -0.15) is 0 Å². The van der Waals surface area contributed by atoms with Crippen LogP contribution in [0.4, 0.5) is 0 Å². The van der Waals surface area contributed by atoms with E-state index < -0.39 is 5.97 Å². The van der Waals surface area contributed by atoms with Crippen LogP contribution in [0.15, 0.2) is 33.0 Å². The highest BCUT2D eigenvalue weighted by Crippen LogP contribution is 2.33. The SMILES string of the molecule is CCC1=C(C)C(=O)N=C1/C=c1\[nH]/c(=C\c2[nH]c(/C=C3\NC(=O)C(C)=C3CC)c(C)c2[C@@H](C)CC(=O)OC)c(CCC(=O)O)c1C. The number of aliphatic carboxylic acids is 1. The van der Waals surface area contributed by atoms with Gasteiger partial charge in [-0.05, 0) is 105 Å². The zero-order chi connectivity index (χ0) is 33.2. The summed E-state index contributed by atoms with van der Waals surface area (Å²) in [5, 5.41) is 13.9. The summed E-state index contributed by atoms with van der Waals surface area (Å²) in [5.41, 5.74) is 9.58. The number of esters is 1. The van der Waals surface area contributed by atoms with Crippen molar-refractivity contribution in [3.05, 3.63) is 72.3 Å². The lowest BCUT2D eigenvalue weighted by Crippen LogP contribution is -2.15. The molecule has 4 heterocycles. The van der Waals surface area contributed by atoms with E-state index >= 15 is 0 Å². The number of rotatable bonds is 11. The lowest BCUT2D eigenvalue weighted by molar-refractivity contribution is -0.141. The van der Waals surface area contributed by atoms with E-state index in [1.165, 1.54) is 7.11 Å². The molecule has 4 rings (SSSR count). The first-order chi connectivity index (χ1) is 21.3. The van der Waals surface area contributed by atoms with Crippen LogP contribution in [0.1, 0.15) is 99.9 Å². The number of H-pyrrole nitrogens is 2. The molecule has 0 bridgehead atoms. The van der Waals surface area contributed by atoms with Gasteiger partial charge in [-0.1, -0.05) is 20.8 Å². The number of carboxylic acids is 1. The number of hydrogen-bond acceptors (Lipinski definition) is 5. The minimum atomic E-state index is -0.907. The van der Waals surface area contributed by atoms with Crippen molar-refractivity contribution in [3.8, 4) is 0 Å². The van der Waals surface area contributed by atoms with E-state index in [9.17, 15) is 24.3 Å². The molecule has 10 nitrogen and oxygen atoms in total. The topological polar surface area (TPSA) is 154 Å². The van der Waals surface area contributed by atoms with E-state index in [1.807, 2.05) is 59.8 Å². The Kier molecular flexibility index (Phi) is 9.95. The molecule has 2 aliphatic heterocycles. The average Bonchev–Trinajstić information content (AvgIpc) is 3.64. The van der Waals surface area contributed by atoms with Crippen LogP contribution < -0.4 is 16.0 Å². The summed E-state index contributed by atoms with van der Waals surface area (Å²) in [4.78, 5) is 59.9. The molecule has 0 unspecified atom stereocenters. The van der Waals surface area contributed by atoms with E-state index in [4.69, 9.17) is 4.74 Å². The highest BCUT2D eigenvalue weighted by Gasteiger charge is 2.25. The number of methoxy groups -OCH3 is 1. The van der Waals surface area contributed by atoms with Gasteiger partial charge < -0.3 is 25.1 Å². The molecule has 0 saturated heterocycles. The fraction of sp³-hybridized carbons (Fsp3) is 0.400. The van der Waals surface area contributed by atoms with Crippen molar-refractivity contribution in [1.29, 1.82) is 0 Å². The molecule has 2 aromatic rings. The lowest BCUT2D eigenvalue weighted by Gasteiger charge is -2.12. The third-order valence-electron chi connectivity index (χ3n) is 8.84. The summed E-state index contributed by atoms with van der Waals surface area (Å²) < 4.78 is 4.97. The standard InChI is InChI=1S/C35H42N4O6/c1-9-22-19(5)34(43)38-27(22)14-25-18(4)24(11-12-31(40)41)29(36-25)16-30-33(17(3)13-32(42)45-8)21(7)26(37-30)15-28-23(10-2)20(6)35(44)39-28/h14-17,36-37H,9-13H2,1-8H3,(H,39,44)(H,40,41)/b25-14-,28-15-,29-16-/t17-/m0/s1. The van der Waals surface area contributed by atoms with Gasteiger partial charge in [0.05, 0.1) is 19.2 Å². The molecule has 2 amide bonds. The third kappa shape index (κ3) is 6.69. The summed E-state index contributed by atoms with van der Waals surface area (Å²) >= 11 is 0. The van der Waals surface area contributed by atoms with Gasteiger partial charge in [-0.15, -0.1) is 0 Å². The summed E-state index contributed by atoms with van der Waals surface area (Å²) in [6.07, 6.45) is 7.47. The fourth-order valence-corrected chi connectivity index (χ4v) is 6.26. The Labute approximate surface area is 262 Å². The van der Waals surface area contributed by atoms with Crippen molar-refractivity contribution < 1.29 is 29.0 Å². The van der Waals surface area contributed by atoms with Crippen molar-refractivity contribution in [2.75, 3.05) is 7.11 Å². The number of amides is 2. The number of aromatic nitrogens is 2. The minimum Gasteiger partial charge on any atom is -0.481 e. The number of carboxylic acid groups (broad SMARTS) is 1. The van der Waals surface area contributed by atoms with Crippen molar-refractivity contribution >= 4 is 47.7 Å². The first-order valence-electron chi connectivity index (χ1n) is 15.3. The molecule has 2 aliphatic rings. The van der Waals surface area contributed by atoms with E-state index in [-0.39, 0.29) is 43.0 Å². The van der Waals surface area contributed by atoms with Crippen molar-refractivity contribution in [1.82, 2.24) is 15.3 Å². The maximum atomic E-state index is 12.4. The predicted octanol–water partition coefficient (Wildman–Crippen LogP) is 4.16. The van der Waals surface area contributed by atoms with E-state index in [1.54, 1.807) is 6.92 Å². The molecular formula is C35H42N4O6. The zero-order valence-electron chi connectivity index (χ0n) is 27.3. The highest BCUT2D eigenvalue weighted by atomic mass is 16.5. The summed E-state index contributed by atoms with van der Waals surface area (Å²) in [6.45, 7) is 13.4. The molecule has 4 N–H and O–H groups in total. The second-order valence-electron chi connectivity index (χ2n) is 11.6. The number of carbonyl (C=O) groups excluding carboxylic acids is 3. The molecule has 2 aromatic heterocycles. The first-order valence-corrected chi connectivity index (χ1v) is 15.3. The Morgan fingerprint density at radius 3 is 2.22 bits per heavy atom. The number of allylic oxidation sites excluding steroid dienone is 2. The van der Waals surface area contributed by atoms with E-state index in [2.05, 4.69) is 20.3 Å². The number of aliphatic imine (C=N–C) groups is 1. The summed E-state index contributed by atoms with van der Waals surface area (Å²) in [6, 6.07) is 0. The summed E-state index contributed by atoms with van der Waals surface area (Å²) in [7, 11) is 1.36. The molecule has 1 atom stereocenters. The lowest BCUT2D eigenvalue weighted by atomic mass is 9.93. The van der Waals surface area contributed by atoms with Crippen LogP contribution in [-0.4, -0.2) is 51.6 Å². The van der Waals surface area contributed by atoms with Crippen LogP contribution in [0, 0.1) is 13.8 Å². The Hall–Kier alpha value is -4.73. The fourth-order valence-electron chi connectivity index (χ4n) is 6.26. The molecule has 238 valence electrons. The van der Waals surface area contributed by atoms with Crippen molar-refractivity contribution in [3.63, 3.8) is 0 Å².